The van der Waals surface area contributed by atoms with Crippen LogP contribution in [0.15, 0.2) is 18.2 Å². The maximum Gasteiger partial charge on any atom is 0.224 e. The highest BCUT2D eigenvalue weighted by Gasteiger charge is 2.07. The molecule has 1 amide bonds. The normalized spacial score (nSPS) is 12.2. The van der Waals surface area contributed by atoms with Crippen LogP contribution in [0.2, 0.25) is 0 Å². The van der Waals surface area contributed by atoms with Gasteiger partial charge in [0.15, 0.2) is 0 Å². The van der Waals surface area contributed by atoms with Gasteiger partial charge >= 0.3 is 0 Å². The van der Waals surface area contributed by atoms with Crippen molar-refractivity contribution < 1.29 is 13.9 Å². The molecule has 106 valence electrons. The molecule has 0 aliphatic carbocycles. The number of hydrogen-bond acceptors (Lipinski definition) is 3. The number of rotatable bonds is 7. The Kier molecular flexibility index (Phi) is 6.29. The molecule has 1 atom stereocenters. The Hall–Kier alpha value is -1.62. The summed E-state index contributed by atoms with van der Waals surface area (Å²) in [6.45, 7) is 4.56. The summed E-state index contributed by atoms with van der Waals surface area (Å²) in [4.78, 5) is 11.6. The van der Waals surface area contributed by atoms with Crippen molar-refractivity contribution in [2.24, 2.45) is 0 Å². The molecule has 0 saturated carbocycles. The summed E-state index contributed by atoms with van der Waals surface area (Å²) in [6, 6.07) is 4.09. The second-order valence-corrected chi connectivity index (χ2v) is 4.48. The molecule has 4 nitrogen and oxygen atoms in total. The van der Waals surface area contributed by atoms with E-state index in [1.807, 2.05) is 13.8 Å². The predicted molar refractivity (Wildman–Crippen MR) is 74.4 cm³/mol. The summed E-state index contributed by atoms with van der Waals surface area (Å²) in [5.41, 5.74) is 6.07. The zero-order chi connectivity index (χ0) is 14.3. The number of nitrogen functional groups attached to an aromatic ring is 1. The quantitative estimate of drug-likeness (QED) is 0.590. The lowest BCUT2D eigenvalue weighted by atomic mass is 10.2. The SMILES string of the molecule is CCC(C)OCCCC(=O)Nc1cc(N)ccc1F. The number of anilines is 2. The van der Waals surface area contributed by atoms with Crippen LogP contribution in [0.25, 0.3) is 0 Å². The highest BCUT2D eigenvalue weighted by molar-refractivity contribution is 5.91. The van der Waals surface area contributed by atoms with Crippen molar-refractivity contribution in [3.05, 3.63) is 24.0 Å². The highest BCUT2D eigenvalue weighted by Crippen LogP contribution is 2.17. The molecule has 0 fully saturated rings. The maximum absolute atomic E-state index is 13.4. The topological polar surface area (TPSA) is 64.3 Å². The average molecular weight is 268 g/mol. The number of benzene rings is 1. The number of hydrogen-bond donors (Lipinski definition) is 2. The molecule has 0 aromatic heterocycles. The van der Waals surface area contributed by atoms with Crippen molar-refractivity contribution in [1.82, 2.24) is 0 Å². The average Bonchev–Trinajstić information content (AvgIpc) is 2.38. The smallest absolute Gasteiger partial charge is 0.224 e. The number of halogens is 1. The zero-order valence-electron chi connectivity index (χ0n) is 11.4. The van der Waals surface area contributed by atoms with E-state index in [2.05, 4.69) is 5.32 Å². The number of nitrogens with one attached hydrogen (secondary N) is 1. The lowest BCUT2D eigenvalue weighted by Gasteiger charge is -2.10. The summed E-state index contributed by atoms with van der Waals surface area (Å²) < 4.78 is 18.8. The first kappa shape index (κ1) is 15.4. The molecule has 1 aromatic carbocycles. The molecule has 0 aliphatic rings. The first-order chi connectivity index (χ1) is 9.02. The molecule has 1 unspecified atom stereocenters. The zero-order valence-corrected chi connectivity index (χ0v) is 11.4. The Morgan fingerprint density at radius 2 is 2.26 bits per heavy atom. The highest BCUT2D eigenvalue weighted by atomic mass is 19.1. The van der Waals surface area contributed by atoms with E-state index in [9.17, 15) is 9.18 Å². The van der Waals surface area contributed by atoms with E-state index in [4.69, 9.17) is 10.5 Å². The molecule has 5 heteroatoms. The van der Waals surface area contributed by atoms with E-state index in [1.165, 1.54) is 18.2 Å². The molecule has 0 aliphatic heterocycles. The van der Waals surface area contributed by atoms with Gasteiger partial charge in [-0.15, -0.1) is 0 Å². The van der Waals surface area contributed by atoms with Gasteiger partial charge in [0.25, 0.3) is 0 Å². The van der Waals surface area contributed by atoms with Crippen molar-refractivity contribution >= 4 is 17.3 Å². The fourth-order valence-corrected chi connectivity index (χ4v) is 1.49. The van der Waals surface area contributed by atoms with Crippen LogP contribution in [0, 0.1) is 5.82 Å². The van der Waals surface area contributed by atoms with Crippen LogP contribution in [0.3, 0.4) is 0 Å². The fourth-order valence-electron chi connectivity index (χ4n) is 1.49. The van der Waals surface area contributed by atoms with Crippen molar-refractivity contribution in [2.75, 3.05) is 17.7 Å². The van der Waals surface area contributed by atoms with Gasteiger partial charge in [-0.2, -0.15) is 0 Å². The molecule has 0 bridgehead atoms. The Morgan fingerprint density at radius 3 is 2.95 bits per heavy atom. The third-order valence-corrected chi connectivity index (χ3v) is 2.79. The number of amides is 1. The molecule has 0 saturated heterocycles. The largest absolute Gasteiger partial charge is 0.399 e. The number of carbonyl (C=O) groups is 1. The number of ether oxygens (including phenoxy) is 1. The van der Waals surface area contributed by atoms with E-state index in [0.29, 0.717) is 25.1 Å². The van der Waals surface area contributed by atoms with Gasteiger partial charge in [-0.25, -0.2) is 4.39 Å². The van der Waals surface area contributed by atoms with E-state index in [1.54, 1.807) is 0 Å². The second-order valence-electron chi connectivity index (χ2n) is 4.48. The van der Waals surface area contributed by atoms with Gasteiger partial charge in [-0.05, 0) is 38.0 Å². The van der Waals surface area contributed by atoms with E-state index < -0.39 is 5.82 Å². The maximum atomic E-state index is 13.4. The van der Waals surface area contributed by atoms with Crippen LogP contribution >= 0.6 is 0 Å². The minimum absolute atomic E-state index is 0.118. The van der Waals surface area contributed by atoms with Gasteiger partial charge in [0.2, 0.25) is 5.91 Å². The van der Waals surface area contributed by atoms with Gasteiger partial charge in [-0.3, -0.25) is 4.79 Å². The van der Waals surface area contributed by atoms with Crippen molar-refractivity contribution in [3.63, 3.8) is 0 Å². The monoisotopic (exact) mass is 268 g/mol. The molecule has 3 N–H and O–H groups in total. The predicted octanol–water partition coefficient (Wildman–Crippen LogP) is 2.94. The van der Waals surface area contributed by atoms with Crippen LogP contribution in [0.1, 0.15) is 33.1 Å². The van der Waals surface area contributed by atoms with Gasteiger partial charge in [-0.1, -0.05) is 6.92 Å². The standard InChI is InChI=1S/C14H21FN2O2/c1-3-10(2)19-8-4-5-14(18)17-13-9-11(16)6-7-12(13)15/h6-7,9-10H,3-5,8,16H2,1-2H3,(H,17,18). The first-order valence-electron chi connectivity index (χ1n) is 6.49. The van der Waals surface area contributed by atoms with E-state index in [0.717, 1.165) is 6.42 Å². The fraction of sp³-hybridized carbons (Fsp3) is 0.500. The molecular formula is C14H21FN2O2. The van der Waals surface area contributed by atoms with E-state index >= 15 is 0 Å². The van der Waals surface area contributed by atoms with Gasteiger partial charge in [0.05, 0.1) is 11.8 Å². The molecular weight excluding hydrogens is 247 g/mol. The van der Waals surface area contributed by atoms with Crippen molar-refractivity contribution in [3.8, 4) is 0 Å². The van der Waals surface area contributed by atoms with E-state index in [-0.39, 0.29) is 17.7 Å². The Labute approximate surface area is 113 Å². The van der Waals surface area contributed by atoms with Gasteiger partial charge in [0.1, 0.15) is 5.82 Å². The van der Waals surface area contributed by atoms with Crippen LogP contribution in [0.5, 0.6) is 0 Å². The van der Waals surface area contributed by atoms with Gasteiger partial charge < -0.3 is 15.8 Å². The Morgan fingerprint density at radius 1 is 1.53 bits per heavy atom. The summed E-state index contributed by atoms with van der Waals surface area (Å²) in [6.07, 6.45) is 2.06. The van der Waals surface area contributed by atoms with Crippen molar-refractivity contribution in [1.29, 1.82) is 0 Å². The third kappa shape index (κ3) is 5.70. The van der Waals surface area contributed by atoms with Crippen LogP contribution in [0.4, 0.5) is 15.8 Å². The minimum atomic E-state index is -0.488. The lowest BCUT2D eigenvalue weighted by Crippen LogP contribution is -2.14. The molecule has 0 radical (unpaired) electrons. The van der Waals surface area contributed by atoms with Crippen LogP contribution < -0.4 is 11.1 Å². The second kappa shape index (κ2) is 7.74. The molecule has 19 heavy (non-hydrogen) atoms. The summed E-state index contributed by atoms with van der Waals surface area (Å²) >= 11 is 0. The summed E-state index contributed by atoms with van der Waals surface area (Å²) in [7, 11) is 0. The number of carbonyl (C=O) groups excluding carboxylic acids is 1. The minimum Gasteiger partial charge on any atom is -0.399 e. The molecule has 1 rings (SSSR count). The first-order valence-corrected chi connectivity index (χ1v) is 6.49. The summed E-state index contributed by atoms with van der Waals surface area (Å²) in [5.74, 6) is -0.726. The third-order valence-electron chi connectivity index (χ3n) is 2.79. The Balaban J connectivity index is 2.33. The van der Waals surface area contributed by atoms with Gasteiger partial charge in [0, 0.05) is 18.7 Å². The lowest BCUT2D eigenvalue weighted by molar-refractivity contribution is -0.116. The van der Waals surface area contributed by atoms with Crippen molar-refractivity contribution in [2.45, 2.75) is 39.2 Å². The van der Waals surface area contributed by atoms with Crippen LogP contribution in [-0.4, -0.2) is 18.6 Å². The van der Waals surface area contributed by atoms with Crippen LogP contribution in [-0.2, 0) is 9.53 Å². The molecule has 0 spiro atoms. The summed E-state index contributed by atoms with van der Waals surface area (Å²) in [5, 5.41) is 2.50. The number of nitrogens with two attached hydrogens (primary N) is 1. The molecule has 1 aromatic rings. The molecule has 0 heterocycles. The Bertz CT molecular complexity index is 424.